The maximum Gasteiger partial charge on any atom is 0.459 e. The van der Waals surface area contributed by atoms with Crippen molar-refractivity contribution in [2.45, 2.75) is 62.6 Å². The van der Waals surface area contributed by atoms with E-state index in [2.05, 4.69) is 27.0 Å². The predicted octanol–water partition coefficient (Wildman–Crippen LogP) is 1.41. The van der Waals surface area contributed by atoms with Crippen molar-refractivity contribution >= 4 is 17.7 Å². The maximum atomic E-state index is 13.3. The van der Waals surface area contributed by atoms with Gasteiger partial charge in [-0.15, -0.1) is 0 Å². The average Bonchev–Trinajstić information content (AvgIpc) is 3.61. The molecule has 1 saturated heterocycles. The lowest BCUT2D eigenvalue weighted by Gasteiger charge is -2.37. The zero-order valence-electron chi connectivity index (χ0n) is 25.8. The van der Waals surface area contributed by atoms with Crippen molar-refractivity contribution in [1.82, 2.24) is 30.6 Å². The predicted molar refractivity (Wildman–Crippen MR) is 164 cm³/mol. The van der Waals surface area contributed by atoms with Crippen LogP contribution >= 0.6 is 0 Å². The largest absolute Gasteiger partial charge is 0.459 e. The molecule has 4 atom stereocenters. The van der Waals surface area contributed by atoms with Crippen molar-refractivity contribution in [2.75, 3.05) is 20.6 Å². The zero-order valence-corrected chi connectivity index (χ0v) is 25.8. The van der Waals surface area contributed by atoms with Gasteiger partial charge in [0.1, 0.15) is 6.04 Å². The second-order valence-electron chi connectivity index (χ2n) is 12.3. The van der Waals surface area contributed by atoms with Crippen LogP contribution in [0, 0.1) is 17.2 Å². The number of aryl methyl sites for hydroxylation is 3. The molecule has 1 aliphatic heterocycles. The van der Waals surface area contributed by atoms with Crippen molar-refractivity contribution in [3.05, 3.63) is 86.2 Å². The lowest BCUT2D eigenvalue weighted by molar-refractivity contribution is -0.131. The van der Waals surface area contributed by atoms with E-state index in [1.165, 1.54) is 4.74 Å². The van der Waals surface area contributed by atoms with Crippen molar-refractivity contribution in [3.8, 4) is 6.07 Å². The van der Waals surface area contributed by atoms with E-state index in [0.717, 1.165) is 35.1 Å². The fourth-order valence-electron chi connectivity index (χ4n) is 7.49. The van der Waals surface area contributed by atoms with E-state index < -0.39 is 11.2 Å². The molecule has 0 spiro atoms. The van der Waals surface area contributed by atoms with Crippen LogP contribution in [-0.4, -0.2) is 71.1 Å². The molecule has 2 fully saturated rings. The van der Waals surface area contributed by atoms with Crippen LogP contribution in [0.15, 0.2) is 45.7 Å². The normalized spacial score (nSPS) is 21.4. The molecule has 0 bridgehead atoms. The van der Waals surface area contributed by atoms with Crippen molar-refractivity contribution < 1.29 is 18.9 Å². The lowest BCUT2D eigenvalue weighted by Crippen LogP contribution is -2.46. The Labute approximate surface area is 260 Å². The smallest absolute Gasteiger partial charge is 0.355 e. The SMILES string of the molecule is CNC(=O)c1ccc2c(c1)CCc1cc(C(=O)NC)ccc1C2(C[C@H](C)NCC(=O)N1C(C#N)C[C@@H]2C[C@@H]21)c1nc(=O)on1C. The molecule has 3 amide bonds. The summed E-state index contributed by atoms with van der Waals surface area (Å²) in [7, 11) is 4.80. The molecule has 6 rings (SSSR count). The number of hydrogen-bond acceptors (Lipinski definition) is 8. The summed E-state index contributed by atoms with van der Waals surface area (Å²) < 4.78 is 6.80. The van der Waals surface area contributed by atoms with Gasteiger partial charge in [-0.1, -0.05) is 12.1 Å². The number of benzene rings is 2. The summed E-state index contributed by atoms with van der Waals surface area (Å²) in [4.78, 5) is 57.4. The highest BCUT2D eigenvalue weighted by Gasteiger charge is 2.54. The van der Waals surface area contributed by atoms with Crippen molar-refractivity contribution in [1.29, 1.82) is 5.26 Å². The quantitative estimate of drug-likeness (QED) is 0.344. The molecule has 234 valence electrons. The van der Waals surface area contributed by atoms with Crippen LogP contribution in [0.4, 0.5) is 0 Å². The van der Waals surface area contributed by atoms with Gasteiger partial charge in [-0.05, 0) is 91.5 Å². The summed E-state index contributed by atoms with van der Waals surface area (Å²) in [5.41, 5.74) is 3.48. The Kier molecular flexibility index (Phi) is 7.82. The minimum Gasteiger partial charge on any atom is -0.355 e. The number of nitrogens with zero attached hydrogens (tertiary/aromatic N) is 4. The van der Waals surface area contributed by atoms with Crippen LogP contribution in [0.25, 0.3) is 0 Å². The van der Waals surface area contributed by atoms with Crippen LogP contribution in [0.2, 0.25) is 0 Å². The molecule has 1 aromatic heterocycles. The molecule has 12 heteroatoms. The number of likely N-dealkylation sites (tertiary alicyclic amines) is 1. The Morgan fingerprint density at radius 1 is 1.04 bits per heavy atom. The van der Waals surface area contributed by atoms with Crippen LogP contribution in [-0.2, 0) is 30.1 Å². The molecule has 3 aromatic rings. The molecule has 1 unspecified atom stereocenters. The Morgan fingerprint density at radius 3 is 2.16 bits per heavy atom. The Hall–Kier alpha value is -4.76. The number of nitrogens with one attached hydrogen (secondary N) is 3. The highest BCUT2D eigenvalue weighted by molar-refractivity contribution is 5.95. The first-order valence-electron chi connectivity index (χ1n) is 15.3. The van der Waals surface area contributed by atoms with E-state index in [1.807, 2.05) is 31.2 Å². The van der Waals surface area contributed by atoms with Gasteiger partial charge in [0.25, 0.3) is 11.8 Å². The van der Waals surface area contributed by atoms with Gasteiger partial charge < -0.3 is 25.4 Å². The molecule has 1 saturated carbocycles. The summed E-state index contributed by atoms with van der Waals surface area (Å²) in [6.45, 7) is 2.03. The van der Waals surface area contributed by atoms with Gasteiger partial charge in [0.2, 0.25) is 5.91 Å². The molecule has 2 heterocycles. The first-order chi connectivity index (χ1) is 21.6. The molecule has 3 N–H and O–H groups in total. The Morgan fingerprint density at radius 2 is 1.64 bits per heavy atom. The number of carbonyl (C=O) groups excluding carboxylic acids is 3. The van der Waals surface area contributed by atoms with Gasteiger partial charge in [0.15, 0.2) is 5.82 Å². The minimum absolute atomic E-state index is 0.0569. The molecular formula is C33H37N7O5. The van der Waals surface area contributed by atoms with E-state index in [9.17, 15) is 24.4 Å². The molecule has 0 radical (unpaired) electrons. The van der Waals surface area contributed by atoms with Crippen molar-refractivity contribution in [2.24, 2.45) is 13.0 Å². The summed E-state index contributed by atoms with van der Waals surface area (Å²) in [6.07, 6.45) is 3.20. The van der Waals surface area contributed by atoms with E-state index in [1.54, 1.807) is 38.2 Å². The molecule has 2 aliphatic carbocycles. The second kappa shape index (κ2) is 11.6. The van der Waals surface area contributed by atoms with Gasteiger partial charge in [0.05, 0.1) is 18.0 Å². The van der Waals surface area contributed by atoms with Crippen molar-refractivity contribution in [3.63, 3.8) is 0 Å². The number of hydrogen-bond donors (Lipinski definition) is 3. The van der Waals surface area contributed by atoms with Gasteiger partial charge in [-0.25, -0.2) is 4.79 Å². The van der Waals surface area contributed by atoms with E-state index in [-0.39, 0.29) is 42.4 Å². The number of carbonyl (C=O) groups is 3. The van der Waals surface area contributed by atoms with Crippen LogP contribution in [0.5, 0.6) is 0 Å². The number of nitriles is 1. The fraction of sp³-hybridized carbons (Fsp3) is 0.455. The average molecular weight is 612 g/mol. The first kappa shape index (κ1) is 30.3. The Bertz CT molecular complexity index is 1720. The third kappa shape index (κ3) is 5.21. The number of fused-ring (bicyclic) bond motifs is 3. The lowest BCUT2D eigenvalue weighted by atomic mass is 9.67. The van der Waals surface area contributed by atoms with Gasteiger partial charge in [0, 0.05) is 44.4 Å². The second-order valence-corrected chi connectivity index (χ2v) is 12.3. The third-order valence-corrected chi connectivity index (χ3v) is 9.62. The number of rotatable bonds is 8. The van der Waals surface area contributed by atoms with E-state index >= 15 is 0 Å². The number of piperidine rings is 1. The summed E-state index contributed by atoms with van der Waals surface area (Å²) in [6, 6.07) is 12.8. The van der Waals surface area contributed by atoms with Gasteiger partial charge >= 0.3 is 5.76 Å². The summed E-state index contributed by atoms with van der Waals surface area (Å²) >= 11 is 0. The molecule has 2 aromatic carbocycles. The van der Waals surface area contributed by atoms with Gasteiger partial charge in [-0.3, -0.25) is 14.4 Å². The zero-order chi connectivity index (χ0) is 32.0. The van der Waals surface area contributed by atoms with E-state index in [0.29, 0.717) is 42.1 Å². The standard InChI is InChI=1S/C33H37N7O5/c1-18(37-17-28(41)40-24(16-34)13-23-14-27(23)40)15-33(31-38-32(44)45-39(31)4)25-9-7-21(29(42)35-2)11-19(25)5-6-20-12-22(30(43)36-3)8-10-26(20)33/h7-12,18,23-24,27,37H,5-6,13-15,17H2,1-4H3,(H,35,42)(H,36,43)/t18-,23+,24?,27-/m0/s1. The van der Waals surface area contributed by atoms with E-state index in [4.69, 9.17) is 4.52 Å². The molecular weight excluding hydrogens is 574 g/mol. The molecule has 3 aliphatic rings. The highest BCUT2D eigenvalue weighted by Crippen LogP contribution is 2.49. The van der Waals surface area contributed by atoms with Gasteiger partial charge in [-0.2, -0.15) is 15.0 Å². The highest BCUT2D eigenvalue weighted by atomic mass is 16.5. The third-order valence-electron chi connectivity index (χ3n) is 9.62. The fourth-order valence-corrected chi connectivity index (χ4v) is 7.49. The monoisotopic (exact) mass is 611 g/mol. The maximum absolute atomic E-state index is 13.3. The van der Waals surface area contributed by atoms with Crippen LogP contribution < -0.4 is 21.7 Å². The molecule has 12 nitrogen and oxygen atoms in total. The Balaban J connectivity index is 1.46. The number of amides is 3. The van der Waals surface area contributed by atoms with Crippen LogP contribution in [0.3, 0.4) is 0 Å². The topological polar surface area (TPSA) is 162 Å². The number of aromatic nitrogens is 2. The first-order valence-corrected chi connectivity index (χ1v) is 15.3. The molecule has 45 heavy (non-hydrogen) atoms. The summed E-state index contributed by atoms with van der Waals surface area (Å²) in [5, 5.41) is 18.4. The minimum atomic E-state index is -1.05. The summed E-state index contributed by atoms with van der Waals surface area (Å²) in [5.74, 6) is -0.480. The van der Waals surface area contributed by atoms with Crippen LogP contribution in [0.1, 0.15) is 75.0 Å².